The summed E-state index contributed by atoms with van der Waals surface area (Å²) in [6, 6.07) is 10.5. The number of halogens is 1. The highest BCUT2D eigenvalue weighted by Gasteiger charge is 2.18. The van der Waals surface area contributed by atoms with Gasteiger partial charge in [-0.25, -0.2) is 0 Å². The lowest BCUT2D eigenvalue weighted by molar-refractivity contribution is 0.0937. The molecular formula is C15H13BrN6O. The fraction of sp³-hybridized carbons (Fsp3) is 0.133. The van der Waals surface area contributed by atoms with E-state index in [1.807, 2.05) is 31.2 Å². The molecule has 2 aromatic heterocycles. The number of rotatable bonds is 4. The molecule has 1 N–H and O–H groups in total. The van der Waals surface area contributed by atoms with E-state index in [0.29, 0.717) is 11.4 Å². The van der Waals surface area contributed by atoms with Gasteiger partial charge in [-0.1, -0.05) is 15.9 Å². The average Bonchev–Trinajstić information content (AvgIpc) is 3.06. The van der Waals surface area contributed by atoms with Gasteiger partial charge in [0.1, 0.15) is 0 Å². The Morgan fingerprint density at radius 1 is 1.17 bits per heavy atom. The number of amides is 1. The summed E-state index contributed by atoms with van der Waals surface area (Å²) in [4.78, 5) is 16.1. The van der Waals surface area contributed by atoms with Crippen LogP contribution in [0.25, 0.3) is 5.69 Å². The Hall–Kier alpha value is -2.61. The second kappa shape index (κ2) is 6.66. The predicted octanol–water partition coefficient (Wildman–Crippen LogP) is 2.31. The molecule has 2 heterocycles. The normalized spacial score (nSPS) is 11.9. The van der Waals surface area contributed by atoms with E-state index in [-0.39, 0.29) is 11.9 Å². The van der Waals surface area contributed by atoms with Crippen molar-refractivity contribution in [1.29, 1.82) is 0 Å². The molecule has 0 radical (unpaired) electrons. The number of carbonyl (C=O) groups excluding carboxylic acids is 1. The molecule has 7 nitrogen and oxygen atoms in total. The first-order chi connectivity index (χ1) is 11.1. The van der Waals surface area contributed by atoms with Gasteiger partial charge in [0.05, 0.1) is 11.7 Å². The molecule has 0 saturated carbocycles. The van der Waals surface area contributed by atoms with Gasteiger partial charge >= 0.3 is 0 Å². The van der Waals surface area contributed by atoms with Crippen molar-refractivity contribution in [2.24, 2.45) is 0 Å². The predicted molar refractivity (Wildman–Crippen MR) is 87.0 cm³/mol. The number of benzene rings is 1. The topological polar surface area (TPSA) is 85.6 Å². The Kier molecular flexibility index (Phi) is 4.42. The summed E-state index contributed by atoms with van der Waals surface area (Å²) in [7, 11) is 0. The Morgan fingerprint density at radius 2 is 1.87 bits per heavy atom. The van der Waals surface area contributed by atoms with Gasteiger partial charge in [-0.2, -0.15) is 4.68 Å². The number of hydrogen-bond donors (Lipinski definition) is 1. The molecule has 0 spiro atoms. The zero-order valence-corrected chi connectivity index (χ0v) is 13.8. The Bertz CT molecular complexity index is 802. The number of tetrazole rings is 1. The van der Waals surface area contributed by atoms with E-state index in [1.54, 1.807) is 29.2 Å². The molecule has 0 aliphatic carbocycles. The van der Waals surface area contributed by atoms with Crippen LogP contribution >= 0.6 is 15.9 Å². The number of nitrogens with one attached hydrogen (secondary N) is 1. The van der Waals surface area contributed by atoms with Crippen molar-refractivity contribution < 1.29 is 4.79 Å². The van der Waals surface area contributed by atoms with Crippen molar-refractivity contribution in [3.8, 4) is 5.69 Å². The highest BCUT2D eigenvalue weighted by molar-refractivity contribution is 9.10. The minimum absolute atomic E-state index is 0.203. The first kappa shape index (κ1) is 15.3. The van der Waals surface area contributed by atoms with Crippen molar-refractivity contribution in [3.05, 3.63) is 64.7 Å². The summed E-state index contributed by atoms with van der Waals surface area (Å²) < 4.78 is 2.57. The molecule has 1 aromatic carbocycles. The molecule has 8 heteroatoms. The van der Waals surface area contributed by atoms with Crippen LogP contribution in [0.4, 0.5) is 0 Å². The number of aromatic nitrogens is 5. The van der Waals surface area contributed by atoms with Crippen LogP contribution in [0, 0.1) is 0 Å². The SMILES string of the molecule is CC(NC(=O)c1ccncc1)c1nnnn1-c1ccc(Br)cc1. The van der Waals surface area contributed by atoms with Crippen molar-refractivity contribution in [2.75, 3.05) is 0 Å². The lowest BCUT2D eigenvalue weighted by atomic mass is 10.2. The first-order valence-electron chi connectivity index (χ1n) is 6.90. The molecule has 1 unspecified atom stereocenters. The van der Waals surface area contributed by atoms with Gasteiger partial charge in [0.2, 0.25) is 0 Å². The summed E-state index contributed by atoms with van der Waals surface area (Å²) >= 11 is 3.39. The Balaban J connectivity index is 1.81. The van der Waals surface area contributed by atoms with E-state index in [1.165, 1.54) is 0 Å². The summed E-state index contributed by atoms with van der Waals surface area (Å²) in [5.41, 5.74) is 1.35. The van der Waals surface area contributed by atoms with Crippen LogP contribution in [0.15, 0.2) is 53.3 Å². The summed E-state index contributed by atoms with van der Waals surface area (Å²) in [5, 5.41) is 14.6. The summed E-state index contributed by atoms with van der Waals surface area (Å²) in [6.45, 7) is 1.83. The van der Waals surface area contributed by atoms with Crippen molar-refractivity contribution in [3.63, 3.8) is 0 Å². The van der Waals surface area contributed by atoms with Gasteiger partial charge in [0.25, 0.3) is 5.91 Å². The maximum absolute atomic E-state index is 12.2. The van der Waals surface area contributed by atoms with Gasteiger partial charge in [-0.05, 0) is 53.7 Å². The molecule has 0 fully saturated rings. The Labute approximate surface area is 140 Å². The van der Waals surface area contributed by atoms with Gasteiger partial charge in [-0.3, -0.25) is 9.78 Å². The van der Waals surface area contributed by atoms with E-state index in [9.17, 15) is 4.79 Å². The summed E-state index contributed by atoms with van der Waals surface area (Å²) in [6.07, 6.45) is 3.15. The molecule has 23 heavy (non-hydrogen) atoms. The fourth-order valence-corrected chi connectivity index (χ4v) is 2.34. The fourth-order valence-electron chi connectivity index (χ4n) is 2.08. The Morgan fingerprint density at radius 3 is 2.57 bits per heavy atom. The van der Waals surface area contributed by atoms with E-state index in [4.69, 9.17) is 0 Å². The molecule has 3 rings (SSSR count). The van der Waals surface area contributed by atoms with Crippen LogP contribution in [0.3, 0.4) is 0 Å². The third-order valence-electron chi connectivity index (χ3n) is 3.24. The van der Waals surface area contributed by atoms with Crippen LogP contribution in [0.2, 0.25) is 0 Å². The smallest absolute Gasteiger partial charge is 0.251 e. The molecular weight excluding hydrogens is 360 g/mol. The molecule has 1 amide bonds. The summed E-state index contributed by atoms with van der Waals surface area (Å²) in [5.74, 6) is 0.347. The molecule has 0 aliphatic rings. The van der Waals surface area contributed by atoms with E-state index in [2.05, 4.69) is 41.8 Å². The van der Waals surface area contributed by atoms with Crippen molar-refractivity contribution in [2.45, 2.75) is 13.0 Å². The highest BCUT2D eigenvalue weighted by atomic mass is 79.9. The second-order valence-corrected chi connectivity index (χ2v) is 5.77. The van der Waals surface area contributed by atoms with Crippen LogP contribution in [0.1, 0.15) is 29.1 Å². The minimum atomic E-state index is -0.352. The average molecular weight is 373 g/mol. The van der Waals surface area contributed by atoms with Crippen LogP contribution in [0.5, 0.6) is 0 Å². The monoisotopic (exact) mass is 372 g/mol. The highest BCUT2D eigenvalue weighted by Crippen LogP contribution is 2.17. The van der Waals surface area contributed by atoms with Crippen LogP contribution in [-0.2, 0) is 0 Å². The zero-order valence-electron chi connectivity index (χ0n) is 12.2. The minimum Gasteiger partial charge on any atom is -0.342 e. The molecule has 3 aromatic rings. The van der Waals surface area contributed by atoms with E-state index in [0.717, 1.165) is 10.2 Å². The van der Waals surface area contributed by atoms with Crippen molar-refractivity contribution >= 4 is 21.8 Å². The molecule has 0 saturated heterocycles. The quantitative estimate of drug-likeness (QED) is 0.759. The number of carbonyl (C=O) groups is 1. The van der Waals surface area contributed by atoms with Crippen molar-refractivity contribution in [1.82, 2.24) is 30.5 Å². The number of nitrogens with zero attached hydrogens (tertiary/aromatic N) is 5. The molecule has 116 valence electrons. The standard InChI is InChI=1S/C15H13BrN6O/c1-10(18-15(23)11-6-8-17-9-7-11)14-19-20-21-22(14)13-4-2-12(16)3-5-13/h2-10H,1H3,(H,18,23). The third kappa shape index (κ3) is 3.42. The lowest BCUT2D eigenvalue weighted by Gasteiger charge is -2.13. The van der Waals surface area contributed by atoms with Gasteiger partial charge in [-0.15, -0.1) is 5.10 Å². The third-order valence-corrected chi connectivity index (χ3v) is 3.77. The van der Waals surface area contributed by atoms with Gasteiger partial charge in [0.15, 0.2) is 5.82 Å². The van der Waals surface area contributed by atoms with Gasteiger partial charge in [0, 0.05) is 22.4 Å². The maximum Gasteiger partial charge on any atom is 0.251 e. The van der Waals surface area contributed by atoms with E-state index >= 15 is 0 Å². The maximum atomic E-state index is 12.2. The van der Waals surface area contributed by atoms with Gasteiger partial charge < -0.3 is 5.32 Å². The molecule has 0 bridgehead atoms. The van der Waals surface area contributed by atoms with Crippen LogP contribution < -0.4 is 5.32 Å². The largest absolute Gasteiger partial charge is 0.342 e. The molecule has 0 aliphatic heterocycles. The number of hydrogen-bond acceptors (Lipinski definition) is 5. The van der Waals surface area contributed by atoms with Crippen LogP contribution in [-0.4, -0.2) is 31.1 Å². The second-order valence-electron chi connectivity index (χ2n) is 4.86. The zero-order chi connectivity index (χ0) is 16.2. The number of pyridine rings is 1. The van der Waals surface area contributed by atoms with E-state index < -0.39 is 0 Å². The molecule has 1 atom stereocenters. The lowest BCUT2D eigenvalue weighted by Crippen LogP contribution is -2.28. The first-order valence-corrected chi connectivity index (χ1v) is 7.69.